The van der Waals surface area contributed by atoms with Crippen LogP contribution in [0.1, 0.15) is 30.0 Å². The highest BCUT2D eigenvalue weighted by molar-refractivity contribution is 7.90. The van der Waals surface area contributed by atoms with Crippen LogP contribution in [-0.2, 0) is 14.8 Å². The Labute approximate surface area is 152 Å². The number of carbonyl (C=O) groups is 1. The Bertz CT molecular complexity index is 967. The van der Waals surface area contributed by atoms with Crippen LogP contribution in [0.5, 0.6) is 0 Å². The van der Waals surface area contributed by atoms with Gasteiger partial charge in [0.2, 0.25) is 5.91 Å². The normalized spacial score (nSPS) is 20.2. The van der Waals surface area contributed by atoms with E-state index in [9.17, 15) is 13.2 Å². The van der Waals surface area contributed by atoms with Gasteiger partial charge < -0.3 is 5.32 Å². The molecule has 0 spiro atoms. The maximum Gasteiger partial charge on any atom is 0.263 e. The first kappa shape index (κ1) is 16.8. The van der Waals surface area contributed by atoms with Crippen molar-refractivity contribution < 1.29 is 13.2 Å². The van der Waals surface area contributed by atoms with Crippen molar-refractivity contribution in [2.45, 2.75) is 23.8 Å². The number of carbonyl (C=O) groups excluding carboxylic acids is 1. The summed E-state index contributed by atoms with van der Waals surface area (Å²) < 4.78 is 26.6. The van der Waals surface area contributed by atoms with E-state index in [1.54, 1.807) is 18.2 Å². The molecule has 0 radical (unpaired) electrons. The molecule has 134 valence electrons. The van der Waals surface area contributed by atoms with E-state index in [0.717, 1.165) is 18.4 Å². The molecule has 1 aliphatic heterocycles. The van der Waals surface area contributed by atoms with Crippen LogP contribution in [-0.4, -0.2) is 26.7 Å². The third-order valence-corrected chi connectivity index (χ3v) is 6.01. The Kier molecular flexibility index (Phi) is 4.24. The van der Waals surface area contributed by atoms with Crippen molar-refractivity contribution in [3.05, 3.63) is 65.7 Å². The molecule has 0 saturated heterocycles. The average molecular weight is 369 g/mol. The maximum atomic E-state index is 12.4. The summed E-state index contributed by atoms with van der Waals surface area (Å²) in [5, 5.41) is 3.04. The Balaban J connectivity index is 1.48. The van der Waals surface area contributed by atoms with E-state index in [-0.39, 0.29) is 29.2 Å². The van der Waals surface area contributed by atoms with Gasteiger partial charge in [0.25, 0.3) is 10.0 Å². The van der Waals surface area contributed by atoms with Crippen LogP contribution < -0.4 is 10.0 Å². The Hall–Kier alpha value is -2.67. The largest absolute Gasteiger partial charge is 0.347 e. The Morgan fingerprint density at radius 3 is 2.54 bits per heavy atom. The quantitative estimate of drug-likeness (QED) is 0.845. The first-order valence-corrected chi connectivity index (χ1v) is 10.0. The van der Waals surface area contributed by atoms with Crippen molar-refractivity contribution in [1.82, 2.24) is 10.0 Å². The molecule has 0 bridgehead atoms. The summed E-state index contributed by atoms with van der Waals surface area (Å²) in [6, 6.07) is 16.5. The van der Waals surface area contributed by atoms with Gasteiger partial charge >= 0.3 is 0 Å². The van der Waals surface area contributed by atoms with E-state index >= 15 is 0 Å². The second-order valence-corrected chi connectivity index (χ2v) is 8.21. The molecular weight excluding hydrogens is 350 g/mol. The van der Waals surface area contributed by atoms with Gasteiger partial charge in [0, 0.05) is 5.56 Å². The molecule has 1 fully saturated rings. The first-order valence-electron chi connectivity index (χ1n) is 8.55. The molecule has 0 aromatic heterocycles. The maximum absolute atomic E-state index is 12.4. The third kappa shape index (κ3) is 3.35. The summed E-state index contributed by atoms with van der Waals surface area (Å²) in [4.78, 5) is 16.8. The number of hydrogen-bond donors (Lipinski definition) is 2. The molecule has 2 N–H and O–H groups in total. The molecule has 1 unspecified atom stereocenters. The van der Waals surface area contributed by atoms with E-state index in [0.29, 0.717) is 11.5 Å². The molecule has 4 rings (SSSR count). The summed E-state index contributed by atoms with van der Waals surface area (Å²) in [5.41, 5.74) is 1.59. The second kappa shape index (κ2) is 6.57. The average Bonchev–Trinajstić information content (AvgIpc) is 3.45. The summed E-state index contributed by atoms with van der Waals surface area (Å²) >= 11 is 0. The summed E-state index contributed by atoms with van der Waals surface area (Å²) in [7, 11) is -3.58. The van der Waals surface area contributed by atoms with Crippen LogP contribution in [0, 0.1) is 5.92 Å². The number of rotatable bonds is 5. The Morgan fingerprint density at radius 2 is 1.81 bits per heavy atom. The lowest BCUT2D eigenvalue weighted by atomic mass is 10.0. The molecule has 1 aliphatic carbocycles. The molecule has 26 heavy (non-hydrogen) atoms. The van der Waals surface area contributed by atoms with Crippen LogP contribution in [0.25, 0.3) is 0 Å². The van der Waals surface area contributed by atoms with E-state index in [1.807, 2.05) is 30.3 Å². The lowest BCUT2D eigenvalue weighted by molar-refractivity contribution is -0.120. The fourth-order valence-corrected chi connectivity index (χ4v) is 4.44. The van der Waals surface area contributed by atoms with Crippen LogP contribution in [0.4, 0.5) is 0 Å². The van der Waals surface area contributed by atoms with Gasteiger partial charge in [0.1, 0.15) is 12.4 Å². The molecule has 2 aromatic rings. The number of nitrogens with one attached hydrogen (secondary N) is 2. The minimum absolute atomic E-state index is 0.0172. The molecule has 1 heterocycles. The zero-order chi connectivity index (χ0) is 18.1. The molecule has 2 aliphatic rings. The molecule has 2 aromatic carbocycles. The smallest absolute Gasteiger partial charge is 0.263 e. The number of amides is 1. The SMILES string of the molecule is O=C(CN=C1NS(=O)(=O)c2ccccc21)NC(c1ccccc1)C1CC1. The first-order chi connectivity index (χ1) is 12.5. The van der Waals surface area contributed by atoms with Crippen LogP contribution in [0.2, 0.25) is 0 Å². The van der Waals surface area contributed by atoms with Gasteiger partial charge in [-0.1, -0.05) is 42.5 Å². The van der Waals surface area contributed by atoms with Crippen molar-refractivity contribution in [3.63, 3.8) is 0 Å². The predicted molar refractivity (Wildman–Crippen MR) is 98.2 cm³/mol. The summed E-state index contributed by atoms with van der Waals surface area (Å²) in [6.45, 7) is -0.123. The number of fused-ring (bicyclic) bond motifs is 1. The second-order valence-electron chi connectivity index (χ2n) is 6.56. The highest BCUT2D eigenvalue weighted by Gasteiger charge is 2.33. The van der Waals surface area contributed by atoms with Gasteiger partial charge in [0.05, 0.1) is 10.9 Å². The minimum Gasteiger partial charge on any atom is -0.347 e. The molecule has 1 amide bonds. The van der Waals surface area contributed by atoms with Gasteiger partial charge in [-0.15, -0.1) is 0 Å². The zero-order valence-electron chi connectivity index (χ0n) is 14.1. The van der Waals surface area contributed by atoms with Crippen LogP contribution >= 0.6 is 0 Å². The molecule has 7 heteroatoms. The van der Waals surface area contributed by atoms with Crippen molar-refractivity contribution in [2.75, 3.05) is 6.54 Å². The van der Waals surface area contributed by atoms with Gasteiger partial charge in [-0.2, -0.15) is 0 Å². The number of benzene rings is 2. The van der Waals surface area contributed by atoms with E-state index in [4.69, 9.17) is 0 Å². The highest BCUT2D eigenvalue weighted by Crippen LogP contribution is 2.40. The Morgan fingerprint density at radius 1 is 1.12 bits per heavy atom. The van der Waals surface area contributed by atoms with Gasteiger partial charge in [0.15, 0.2) is 0 Å². The van der Waals surface area contributed by atoms with Crippen molar-refractivity contribution in [1.29, 1.82) is 0 Å². The number of nitrogens with zero attached hydrogens (tertiary/aromatic N) is 1. The van der Waals surface area contributed by atoms with Crippen molar-refractivity contribution in [3.8, 4) is 0 Å². The van der Waals surface area contributed by atoms with Crippen LogP contribution in [0.15, 0.2) is 64.5 Å². The van der Waals surface area contributed by atoms with Crippen molar-refractivity contribution in [2.24, 2.45) is 10.9 Å². The number of sulfonamides is 1. The fraction of sp³-hybridized carbons (Fsp3) is 0.263. The number of amidine groups is 1. The van der Waals surface area contributed by atoms with E-state index in [1.165, 1.54) is 6.07 Å². The number of hydrogen-bond acceptors (Lipinski definition) is 4. The molecule has 6 nitrogen and oxygen atoms in total. The monoisotopic (exact) mass is 369 g/mol. The topological polar surface area (TPSA) is 87.6 Å². The van der Waals surface area contributed by atoms with Crippen LogP contribution in [0.3, 0.4) is 0 Å². The van der Waals surface area contributed by atoms with E-state index < -0.39 is 10.0 Å². The fourth-order valence-electron chi connectivity index (χ4n) is 3.18. The summed E-state index contributed by atoms with van der Waals surface area (Å²) in [6.07, 6.45) is 2.20. The van der Waals surface area contributed by atoms with Crippen molar-refractivity contribution >= 4 is 21.8 Å². The minimum atomic E-state index is -3.58. The molecule has 1 atom stereocenters. The number of aliphatic imine (C=N–C) groups is 1. The molecule has 1 saturated carbocycles. The molecular formula is C19H19N3O3S. The standard InChI is InChI=1S/C19H19N3O3S/c23-17(21-18(14-10-11-14)13-6-2-1-3-7-13)12-20-19-15-8-4-5-9-16(15)26(24,25)22-19/h1-9,14,18H,10-12H2,(H,20,22)(H,21,23). The van der Waals surface area contributed by atoms with Gasteiger partial charge in [-0.05, 0) is 36.5 Å². The van der Waals surface area contributed by atoms with E-state index in [2.05, 4.69) is 15.0 Å². The predicted octanol–water partition coefficient (Wildman–Crippen LogP) is 1.99. The van der Waals surface area contributed by atoms with Gasteiger partial charge in [-0.25, -0.2) is 8.42 Å². The lowest BCUT2D eigenvalue weighted by Gasteiger charge is -2.18. The summed E-state index contributed by atoms with van der Waals surface area (Å²) in [5.74, 6) is 0.458. The lowest BCUT2D eigenvalue weighted by Crippen LogP contribution is -2.32. The third-order valence-electron chi connectivity index (χ3n) is 4.61. The zero-order valence-corrected chi connectivity index (χ0v) is 14.9. The van der Waals surface area contributed by atoms with Gasteiger partial charge in [-0.3, -0.25) is 14.5 Å². The highest BCUT2D eigenvalue weighted by atomic mass is 32.2.